The Balaban J connectivity index is 2.16. The van der Waals surface area contributed by atoms with Crippen LogP contribution >= 0.6 is 0 Å². The molecule has 0 spiro atoms. The first kappa shape index (κ1) is 11.0. The topological polar surface area (TPSA) is 40.5 Å². The number of benzene rings is 1. The van der Waals surface area contributed by atoms with Crippen LogP contribution in [0.4, 0.5) is 5.69 Å². The molecule has 1 aromatic rings. The van der Waals surface area contributed by atoms with Crippen molar-refractivity contribution in [1.29, 1.82) is 0 Å². The maximum atomic E-state index is 10.9. The minimum Gasteiger partial charge on any atom is -0.480 e. The average molecular weight is 219 g/mol. The number of carbonyl (C=O) groups is 1. The number of nitrogens with zero attached hydrogens (tertiary/aromatic N) is 1. The molecule has 0 saturated heterocycles. The van der Waals surface area contributed by atoms with E-state index in [2.05, 4.69) is 6.92 Å². The molecular weight excluding hydrogens is 202 g/mol. The van der Waals surface area contributed by atoms with Crippen LogP contribution in [0.3, 0.4) is 0 Å². The molecule has 3 heteroatoms. The molecule has 0 aliphatic heterocycles. The molecule has 1 saturated carbocycles. The Labute approximate surface area is 95.7 Å². The molecule has 1 aromatic carbocycles. The lowest BCUT2D eigenvalue weighted by molar-refractivity contribution is -0.135. The van der Waals surface area contributed by atoms with E-state index in [1.54, 1.807) is 0 Å². The second-order valence-corrected chi connectivity index (χ2v) is 4.44. The summed E-state index contributed by atoms with van der Waals surface area (Å²) in [6.07, 6.45) is 2.45. The Kier molecular flexibility index (Phi) is 3.13. The van der Waals surface area contributed by atoms with Crippen molar-refractivity contribution in [3.05, 3.63) is 30.3 Å². The van der Waals surface area contributed by atoms with E-state index < -0.39 is 5.97 Å². The van der Waals surface area contributed by atoms with E-state index in [4.69, 9.17) is 5.11 Å². The lowest BCUT2D eigenvalue weighted by Crippen LogP contribution is -2.38. The highest BCUT2D eigenvalue weighted by Gasteiger charge is 2.32. The molecule has 1 aliphatic rings. The minimum atomic E-state index is -0.767. The highest BCUT2D eigenvalue weighted by molar-refractivity contribution is 5.74. The zero-order valence-electron chi connectivity index (χ0n) is 9.47. The third kappa shape index (κ3) is 2.54. The number of anilines is 1. The molecule has 0 aromatic heterocycles. The molecule has 1 atom stereocenters. The second-order valence-electron chi connectivity index (χ2n) is 4.44. The SMILES string of the molecule is CC(C1CC1)N(CC(=O)O)c1ccccc1. The van der Waals surface area contributed by atoms with Gasteiger partial charge in [0.2, 0.25) is 0 Å². The van der Waals surface area contributed by atoms with Gasteiger partial charge >= 0.3 is 5.97 Å². The molecule has 1 fully saturated rings. The van der Waals surface area contributed by atoms with Gasteiger partial charge in [0.1, 0.15) is 6.54 Å². The zero-order chi connectivity index (χ0) is 11.5. The van der Waals surface area contributed by atoms with E-state index in [9.17, 15) is 4.79 Å². The van der Waals surface area contributed by atoms with Crippen molar-refractivity contribution < 1.29 is 9.90 Å². The number of carboxylic acids is 1. The molecule has 1 aliphatic carbocycles. The summed E-state index contributed by atoms with van der Waals surface area (Å²) < 4.78 is 0. The van der Waals surface area contributed by atoms with Gasteiger partial charge in [-0.2, -0.15) is 0 Å². The van der Waals surface area contributed by atoms with E-state index in [1.807, 2.05) is 35.2 Å². The quantitative estimate of drug-likeness (QED) is 0.826. The van der Waals surface area contributed by atoms with E-state index in [1.165, 1.54) is 12.8 Å². The Morgan fingerprint density at radius 3 is 2.56 bits per heavy atom. The van der Waals surface area contributed by atoms with Gasteiger partial charge in [-0.05, 0) is 37.8 Å². The van der Waals surface area contributed by atoms with Crippen LogP contribution < -0.4 is 4.90 Å². The van der Waals surface area contributed by atoms with Crippen LogP contribution in [0, 0.1) is 5.92 Å². The minimum absolute atomic E-state index is 0.0850. The summed E-state index contributed by atoms with van der Waals surface area (Å²) in [5, 5.41) is 8.95. The van der Waals surface area contributed by atoms with Gasteiger partial charge in [-0.25, -0.2) is 0 Å². The van der Waals surface area contributed by atoms with Gasteiger partial charge in [0.05, 0.1) is 0 Å². The van der Waals surface area contributed by atoms with Gasteiger partial charge < -0.3 is 10.0 Å². The Bertz CT molecular complexity index is 359. The molecule has 86 valence electrons. The van der Waals surface area contributed by atoms with Crippen LogP contribution in [-0.4, -0.2) is 23.7 Å². The van der Waals surface area contributed by atoms with Gasteiger partial charge in [0, 0.05) is 11.7 Å². The van der Waals surface area contributed by atoms with E-state index in [0.717, 1.165) is 5.69 Å². The van der Waals surface area contributed by atoms with Crippen molar-refractivity contribution in [1.82, 2.24) is 0 Å². The molecular formula is C13H17NO2. The van der Waals surface area contributed by atoms with Gasteiger partial charge in [-0.3, -0.25) is 4.79 Å². The largest absolute Gasteiger partial charge is 0.480 e. The first-order chi connectivity index (χ1) is 7.68. The molecule has 0 heterocycles. The van der Waals surface area contributed by atoms with E-state index in [-0.39, 0.29) is 6.54 Å². The number of aliphatic carboxylic acids is 1. The number of carboxylic acid groups (broad SMARTS) is 1. The van der Waals surface area contributed by atoms with Crippen LogP contribution in [0.25, 0.3) is 0 Å². The summed E-state index contributed by atoms with van der Waals surface area (Å²) >= 11 is 0. The predicted octanol–water partition coefficient (Wildman–Crippen LogP) is 2.38. The van der Waals surface area contributed by atoms with E-state index in [0.29, 0.717) is 12.0 Å². The third-order valence-corrected chi connectivity index (χ3v) is 3.19. The molecule has 0 bridgehead atoms. The van der Waals surface area contributed by atoms with Crippen LogP contribution in [0.2, 0.25) is 0 Å². The van der Waals surface area contributed by atoms with Gasteiger partial charge in [0.15, 0.2) is 0 Å². The summed E-state index contributed by atoms with van der Waals surface area (Å²) in [7, 11) is 0. The normalized spacial score (nSPS) is 16.8. The fraction of sp³-hybridized carbons (Fsp3) is 0.462. The molecule has 16 heavy (non-hydrogen) atoms. The number of hydrogen-bond donors (Lipinski definition) is 1. The number of rotatable bonds is 5. The van der Waals surface area contributed by atoms with Crippen molar-refractivity contribution in [2.45, 2.75) is 25.8 Å². The number of para-hydroxylation sites is 1. The van der Waals surface area contributed by atoms with Crippen LogP contribution in [0.5, 0.6) is 0 Å². The van der Waals surface area contributed by atoms with Crippen molar-refractivity contribution in [2.24, 2.45) is 5.92 Å². The van der Waals surface area contributed by atoms with Gasteiger partial charge in [-0.15, -0.1) is 0 Å². The molecule has 3 nitrogen and oxygen atoms in total. The molecule has 0 amide bonds. The maximum absolute atomic E-state index is 10.9. The fourth-order valence-electron chi connectivity index (χ4n) is 2.07. The Hall–Kier alpha value is -1.51. The first-order valence-corrected chi connectivity index (χ1v) is 5.72. The second kappa shape index (κ2) is 4.56. The molecule has 1 N–H and O–H groups in total. The van der Waals surface area contributed by atoms with Crippen molar-refractivity contribution in [3.63, 3.8) is 0 Å². The summed E-state index contributed by atoms with van der Waals surface area (Å²) in [5.41, 5.74) is 1.00. The highest BCUT2D eigenvalue weighted by atomic mass is 16.4. The smallest absolute Gasteiger partial charge is 0.323 e. The van der Waals surface area contributed by atoms with E-state index >= 15 is 0 Å². The standard InChI is InChI=1S/C13H17NO2/c1-10(11-7-8-11)14(9-13(15)16)12-5-3-2-4-6-12/h2-6,10-11H,7-9H2,1H3,(H,15,16). The summed E-state index contributed by atoms with van der Waals surface area (Å²) in [6.45, 7) is 2.20. The van der Waals surface area contributed by atoms with Crippen LogP contribution in [0.15, 0.2) is 30.3 Å². The fourth-order valence-corrected chi connectivity index (χ4v) is 2.07. The monoisotopic (exact) mass is 219 g/mol. The molecule has 2 rings (SSSR count). The van der Waals surface area contributed by atoms with Crippen LogP contribution in [-0.2, 0) is 4.79 Å². The van der Waals surface area contributed by atoms with Crippen molar-refractivity contribution in [3.8, 4) is 0 Å². The zero-order valence-corrected chi connectivity index (χ0v) is 9.47. The maximum Gasteiger partial charge on any atom is 0.323 e. The summed E-state index contributed by atoms with van der Waals surface area (Å²) in [4.78, 5) is 12.9. The van der Waals surface area contributed by atoms with Crippen LogP contribution in [0.1, 0.15) is 19.8 Å². The summed E-state index contributed by atoms with van der Waals surface area (Å²) in [5.74, 6) is -0.101. The first-order valence-electron chi connectivity index (χ1n) is 5.72. The summed E-state index contributed by atoms with van der Waals surface area (Å²) in [6, 6.07) is 10.1. The third-order valence-electron chi connectivity index (χ3n) is 3.19. The lowest BCUT2D eigenvalue weighted by atomic mass is 10.1. The molecule has 0 radical (unpaired) electrons. The highest BCUT2D eigenvalue weighted by Crippen LogP contribution is 2.36. The van der Waals surface area contributed by atoms with Gasteiger partial charge in [-0.1, -0.05) is 18.2 Å². The average Bonchev–Trinajstić information content (AvgIpc) is 3.10. The van der Waals surface area contributed by atoms with Crippen molar-refractivity contribution >= 4 is 11.7 Å². The predicted molar refractivity (Wildman–Crippen MR) is 63.6 cm³/mol. The Morgan fingerprint density at radius 2 is 2.06 bits per heavy atom. The molecule has 1 unspecified atom stereocenters. The van der Waals surface area contributed by atoms with Gasteiger partial charge in [0.25, 0.3) is 0 Å². The Morgan fingerprint density at radius 1 is 1.44 bits per heavy atom. The van der Waals surface area contributed by atoms with Crippen molar-refractivity contribution in [2.75, 3.05) is 11.4 Å². The number of hydrogen-bond acceptors (Lipinski definition) is 2. The lowest BCUT2D eigenvalue weighted by Gasteiger charge is -2.29.